The minimum atomic E-state index is -0.0567. The van der Waals surface area contributed by atoms with E-state index in [1.54, 1.807) is 0 Å². The molecule has 0 aliphatic heterocycles. The Morgan fingerprint density at radius 1 is 1.16 bits per heavy atom. The van der Waals surface area contributed by atoms with Gasteiger partial charge in [0.25, 0.3) is 5.91 Å². The third-order valence-electron chi connectivity index (χ3n) is 2.85. The number of carbonyl (C=O) groups is 1. The third kappa shape index (κ3) is 3.67. The van der Waals surface area contributed by atoms with E-state index in [9.17, 15) is 4.79 Å². The molecule has 2 aromatic rings. The predicted molar refractivity (Wildman–Crippen MR) is 84.2 cm³/mol. The molecule has 0 saturated carbocycles. The zero-order chi connectivity index (χ0) is 13.8. The maximum atomic E-state index is 12.1. The summed E-state index contributed by atoms with van der Waals surface area (Å²) in [6, 6.07) is 13.5. The molecule has 1 N–H and O–H groups in total. The Balaban J connectivity index is 2.08. The van der Waals surface area contributed by atoms with Gasteiger partial charge in [-0.15, -0.1) is 0 Å². The van der Waals surface area contributed by atoms with Crippen LogP contribution in [0.1, 0.15) is 21.5 Å². The van der Waals surface area contributed by atoms with Crippen LogP contribution in [0.4, 0.5) is 0 Å². The highest BCUT2D eigenvalue weighted by atomic mass is 79.9. The van der Waals surface area contributed by atoms with Gasteiger partial charge < -0.3 is 5.32 Å². The van der Waals surface area contributed by atoms with Gasteiger partial charge in [0.1, 0.15) is 0 Å². The Labute approximate surface area is 129 Å². The van der Waals surface area contributed by atoms with Gasteiger partial charge in [0.2, 0.25) is 0 Å². The Bertz CT molecular complexity index is 611. The average molecular weight is 383 g/mol. The Kier molecular flexibility index (Phi) is 4.77. The summed E-state index contributed by atoms with van der Waals surface area (Å²) in [7, 11) is 0. The highest BCUT2D eigenvalue weighted by Gasteiger charge is 2.10. The monoisotopic (exact) mass is 381 g/mol. The van der Waals surface area contributed by atoms with E-state index in [2.05, 4.69) is 37.2 Å². The molecule has 4 heteroatoms. The summed E-state index contributed by atoms with van der Waals surface area (Å²) in [6.45, 7) is 2.45. The van der Waals surface area contributed by atoms with E-state index in [1.807, 2.05) is 49.4 Å². The van der Waals surface area contributed by atoms with E-state index in [-0.39, 0.29) is 5.91 Å². The topological polar surface area (TPSA) is 29.1 Å². The van der Waals surface area contributed by atoms with Gasteiger partial charge in [0, 0.05) is 21.1 Å². The molecule has 1 amide bonds. The van der Waals surface area contributed by atoms with Crippen molar-refractivity contribution in [1.29, 1.82) is 0 Å². The highest BCUT2D eigenvalue weighted by molar-refractivity contribution is 9.10. The number of hydrogen-bond donors (Lipinski definition) is 1. The number of rotatable bonds is 3. The van der Waals surface area contributed by atoms with Crippen LogP contribution in [-0.4, -0.2) is 5.91 Å². The summed E-state index contributed by atoms with van der Waals surface area (Å²) in [5, 5.41) is 2.93. The van der Waals surface area contributed by atoms with Crippen LogP contribution in [0, 0.1) is 6.92 Å². The van der Waals surface area contributed by atoms with Crippen LogP contribution < -0.4 is 5.32 Å². The molecule has 98 valence electrons. The van der Waals surface area contributed by atoms with E-state index in [0.29, 0.717) is 12.1 Å². The van der Waals surface area contributed by atoms with Crippen molar-refractivity contribution in [2.75, 3.05) is 0 Å². The van der Waals surface area contributed by atoms with Crippen LogP contribution in [0.2, 0.25) is 0 Å². The fourth-order valence-corrected chi connectivity index (χ4v) is 2.59. The normalized spacial score (nSPS) is 10.3. The fourth-order valence-electron chi connectivity index (χ4n) is 1.78. The first-order valence-corrected chi connectivity index (χ1v) is 7.44. The summed E-state index contributed by atoms with van der Waals surface area (Å²) >= 11 is 6.85. The molecule has 0 bridgehead atoms. The average Bonchev–Trinajstić information content (AvgIpc) is 2.39. The molecule has 0 spiro atoms. The van der Waals surface area contributed by atoms with Crippen LogP contribution in [0.5, 0.6) is 0 Å². The van der Waals surface area contributed by atoms with Crippen molar-refractivity contribution >= 4 is 37.8 Å². The minimum Gasteiger partial charge on any atom is -0.348 e. The molecule has 0 fully saturated rings. The van der Waals surface area contributed by atoms with E-state index < -0.39 is 0 Å². The van der Waals surface area contributed by atoms with Crippen molar-refractivity contribution in [2.45, 2.75) is 13.5 Å². The minimum absolute atomic E-state index is 0.0567. The van der Waals surface area contributed by atoms with Crippen LogP contribution >= 0.6 is 31.9 Å². The summed E-state index contributed by atoms with van der Waals surface area (Å²) in [4.78, 5) is 12.1. The van der Waals surface area contributed by atoms with Crippen molar-refractivity contribution in [3.63, 3.8) is 0 Å². The molecule has 0 atom stereocenters. The van der Waals surface area contributed by atoms with Gasteiger partial charge in [-0.25, -0.2) is 0 Å². The molecule has 0 radical (unpaired) electrons. The van der Waals surface area contributed by atoms with Gasteiger partial charge in [-0.3, -0.25) is 4.79 Å². The Morgan fingerprint density at radius 3 is 2.63 bits per heavy atom. The summed E-state index contributed by atoms with van der Waals surface area (Å²) in [6.07, 6.45) is 0. The van der Waals surface area contributed by atoms with Crippen LogP contribution in [-0.2, 0) is 6.54 Å². The van der Waals surface area contributed by atoms with Crippen LogP contribution in [0.25, 0.3) is 0 Å². The molecule has 0 aromatic heterocycles. The SMILES string of the molecule is Cc1c(Br)cccc1C(=O)NCc1cccc(Br)c1. The van der Waals surface area contributed by atoms with E-state index in [1.165, 1.54) is 0 Å². The quantitative estimate of drug-likeness (QED) is 0.834. The van der Waals surface area contributed by atoms with E-state index >= 15 is 0 Å². The zero-order valence-electron chi connectivity index (χ0n) is 10.4. The zero-order valence-corrected chi connectivity index (χ0v) is 13.6. The summed E-state index contributed by atoms with van der Waals surface area (Å²) in [5.41, 5.74) is 2.72. The lowest BCUT2D eigenvalue weighted by Crippen LogP contribution is -2.23. The molecule has 0 aliphatic carbocycles. The van der Waals surface area contributed by atoms with Crippen molar-refractivity contribution in [3.05, 3.63) is 68.1 Å². The number of amides is 1. The van der Waals surface area contributed by atoms with Crippen molar-refractivity contribution in [3.8, 4) is 0 Å². The standard InChI is InChI=1S/C15H13Br2NO/c1-10-13(6-3-7-14(10)17)15(19)18-9-11-4-2-5-12(16)8-11/h2-8H,9H2,1H3,(H,18,19). The van der Waals surface area contributed by atoms with Gasteiger partial charge in [-0.1, -0.05) is 50.1 Å². The number of benzene rings is 2. The summed E-state index contributed by atoms with van der Waals surface area (Å²) < 4.78 is 1.96. The second kappa shape index (κ2) is 6.35. The molecule has 19 heavy (non-hydrogen) atoms. The van der Waals surface area contributed by atoms with Gasteiger partial charge in [0.05, 0.1) is 0 Å². The molecule has 0 unspecified atom stereocenters. The molecular weight excluding hydrogens is 370 g/mol. The van der Waals surface area contributed by atoms with Gasteiger partial charge in [0.15, 0.2) is 0 Å². The predicted octanol–water partition coefficient (Wildman–Crippen LogP) is 4.45. The molecule has 2 rings (SSSR count). The van der Waals surface area contributed by atoms with Gasteiger partial charge in [-0.2, -0.15) is 0 Å². The fraction of sp³-hybridized carbons (Fsp3) is 0.133. The molecule has 0 heterocycles. The van der Waals surface area contributed by atoms with Crippen molar-refractivity contribution in [2.24, 2.45) is 0 Å². The Hall–Kier alpha value is -1.13. The number of carbonyl (C=O) groups excluding carboxylic acids is 1. The maximum absolute atomic E-state index is 12.1. The second-order valence-corrected chi connectivity index (χ2v) is 6.00. The smallest absolute Gasteiger partial charge is 0.251 e. The lowest BCUT2D eigenvalue weighted by Gasteiger charge is -2.09. The lowest BCUT2D eigenvalue weighted by atomic mass is 10.1. The van der Waals surface area contributed by atoms with Crippen molar-refractivity contribution in [1.82, 2.24) is 5.32 Å². The molecule has 0 aliphatic rings. The van der Waals surface area contributed by atoms with E-state index in [4.69, 9.17) is 0 Å². The first kappa shape index (κ1) is 14.3. The third-order valence-corrected chi connectivity index (χ3v) is 4.21. The number of hydrogen-bond acceptors (Lipinski definition) is 1. The van der Waals surface area contributed by atoms with Gasteiger partial charge >= 0.3 is 0 Å². The number of halogens is 2. The van der Waals surface area contributed by atoms with Crippen LogP contribution in [0.3, 0.4) is 0 Å². The lowest BCUT2D eigenvalue weighted by molar-refractivity contribution is 0.0950. The maximum Gasteiger partial charge on any atom is 0.251 e. The van der Waals surface area contributed by atoms with Crippen molar-refractivity contribution < 1.29 is 4.79 Å². The largest absolute Gasteiger partial charge is 0.348 e. The Morgan fingerprint density at radius 2 is 1.89 bits per heavy atom. The molecule has 0 saturated heterocycles. The molecule has 2 nitrogen and oxygen atoms in total. The first-order chi connectivity index (χ1) is 9.08. The second-order valence-electron chi connectivity index (χ2n) is 4.22. The first-order valence-electron chi connectivity index (χ1n) is 5.85. The summed E-state index contributed by atoms with van der Waals surface area (Å²) in [5.74, 6) is -0.0567. The molecular formula is C15H13Br2NO. The highest BCUT2D eigenvalue weighted by Crippen LogP contribution is 2.19. The van der Waals surface area contributed by atoms with Gasteiger partial charge in [-0.05, 0) is 42.3 Å². The van der Waals surface area contributed by atoms with Crippen LogP contribution in [0.15, 0.2) is 51.4 Å². The van der Waals surface area contributed by atoms with E-state index in [0.717, 1.165) is 20.1 Å². The molecule has 2 aromatic carbocycles. The number of nitrogens with one attached hydrogen (secondary N) is 1.